The van der Waals surface area contributed by atoms with E-state index in [1.165, 1.54) is 25.7 Å². The first kappa shape index (κ1) is 12.5. The fraction of sp³-hybridized carbons (Fsp3) is 0.909. The Kier molecular flexibility index (Phi) is 5.65. The Morgan fingerprint density at radius 1 is 1.33 bits per heavy atom. The van der Waals surface area contributed by atoms with Crippen molar-refractivity contribution < 1.29 is 4.79 Å². The fourth-order valence-corrected chi connectivity index (χ4v) is 2.26. The maximum Gasteiger partial charge on any atom is 0.251 e. The lowest BCUT2D eigenvalue weighted by Gasteiger charge is -2.28. The molecule has 0 aromatic rings. The van der Waals surface area contributed by atoms with Crippen LogP contribution in [0.3, 0.4) is 0 Å². The summed E-state index contributed by atoms with van der Waals surface area (Å²) >= 11 is 0. The first-order valence-electron chi connectivity index (χ1n) is 6.04. The largest absolute Gasteiger partial charge is 0.293 e. The second-order valence-electron chi connectivity index (χ2n) is 4.26. The van der Waals surface area contributed by atoms with Crippen LogP contribution in [0.2, 0.25) is 0 Å². The average Bonchev–Trinajstić information content (AvgIpc) is 2.53. The van der Waals surface area contributed by atoms with Crippen molar-refractivity contribution in [3.8, 4) is 0 Å². The molecule has 1 saturated heterocycles. The van der Waals surface area contributed by atoms with E-state index in [0.29, 0.717) is 0 Å². The minimum absolute atomic E-state index is 0.0156. The van der Waals surface area contributed by atoms with Crippen LogP contribution in [0.15, 0.2) is 0 Å². The van der Waals surface area contributed by atoms with Crippen molar-refractivity contribution in [2.24, 2.45) is 5.84 Å². The van der Waals surface area contributed by atoms with Gasteiger partial charge in [0, 0.05) is 0 Å². The van der Waals surface area contributed by atoms with Gasteiger partial charge in [0.05, 0.1) is 6.04 Å². The summed E-state index contributed by atoms with van der Waals surface area (Å²) in [5.74, 6) is 5.19. The maximum absolute atomic E-state index is 11.6. The zero-order valence-electron chi connectivity index (χ0n) is 9.67. The van der Waals surface area contributed by atoms with Crippen molar-refractivity contribution in [2.75, 3.05) is 13.1 Å². The van der Waals surface area contributed by atoms with Crippen LogP contribution in [0.1, 0.15) is 45.4 Å². The molecule has 3 N–H and O–H groups in total. The quantitative estimate of drug-likeness (QED) is 0.416. The molecule has 0 spiro atoms. The predicted molar refractivity (Wildman–Crippen MR) is 61.1 cm³/mol. The third kappa shape index (κ3) is 3.80. The van der Waals surface area contributed by atoms with Gasteiger partial charge in [-0.25, -0.2) is 5.84 Å². The highest BCUT2D eigenvalue weighted by Crippen LogP contribution is 2.15. The molecule has 1 aliphatic rings. The molecule has 4 nitrogen and oxygen atoms in total. The van der Waals surface area contributed by atoms with E-state index in [1.54, 1.807) is 0 Å². The summed E-state index contributed by atoms with van der Waals surface area (Å²) in [6, 6.07) is -0.0156. The molecule has 4 heteroatoms. The number of rotatable bonds is 4. The molecule has 1 fully saturated rings. The molecular formula is C11H23N3O. The smallest absolute Gasteiger partial charge is 0.251 e. The summed E-state index contributed by atoms with van der Waals surface area (Å²) in [6.07, 6.45) is 6.92. The highest BCUT2D eigenvalue weighted by Gasteiger charge is 2.24. The SMILES string of the molecule is CCCC(C(=O)NN)N1CCCCCC1. The molecule has 1 rings (SSSR count). The van der Waals surface area contributed by atoms with Crippen LogP contribution in [0.25, 0.3) is 0 Å². The Labute approximate surface area is 92.2 Å². The number of hydrazine groups is 1. The Bertz CT molecular complexity index is 188. The van der Waals surface area contributed by atoms with Gasteiger partial charge >= 0.3 is 0 Å². The first-order valence-corrected chi connectivity index (χ1v) is 6.04. The minimum atomic E-state index is -0.0289. The lowest BCUT2D eigenvalue weighted by molar-refractivity contribution is -0.126. The van der Waals surface area contributed by atoms with E-state index in [9.17, 15) is 4.79 Å². The van der Waals surface area contributed by atoms with Crippen LogP contribution in [0, 0.1) is 0 Å². The van der Waals surface area contributed by atoms with Gasteiger partial charge in [-0.3, -0.25) is 15.1 Å². The lowest BCUT2D eigenvalue weighted by atomic mass is 10.1. The number of nitrogens with two attached hydrogens (primary N) is 1. The molecule has 1 amide bonds. The van der Waals surface area contributed by atoms with Crippen LogP contribution in [-0.4, -0.2) is 29.9 Å². The van der Waals surface area contributed by atoms with Gasteiger partial charge in [0.2, 0.25) is 0 Å². The molecule has 0 aromatic carbocycles. The summed E-state index contributed by atoms with van der Waals surface area (Å²) in [7, 11) is 0. The van der Waals surface area contributed by atoms with E-state index in [2.05, 4.69) is 17.2 Å². The van der Waals surface area contributed by atoms with Gasteiger partial charge in [-0.2, -0.15) is 0 Å². The number of hydrogen-bond donors (Lipinski definition) is 2. The van der Waals surface area contributed by atoms with Crippen LogP contribution < -0.4 is 11.3 Å². The van der Waals surface area contributed by atoms with Crippen molar-refractivity contribution in [3.63, 3.8) is 0 Å². The number of carbonyl (C=O) groups excluding carboxylic acids is 1. The van der Waals surface area contributed by atoms with Crippen LogP contribution >= 0.6 is 0 Å². The van der Waals surface area contributed by atoms with Crippen molar-refractivity contribution in [3.05, 3.63) is 0 Å². The molecule has 1 aliphatic heterocycles. The van der Waals surface area contributed by atoms with Crippen LogP contribution in [0.4, 0.5) is 0 Å². The first-order chi connectivity index (χ1) is 7.29. The summed E-state index contributed by atoms with van der Waals surface area (Å²) in [6.45, 7) is 4.19. The lowest BCUT2D eigenvalue weighted by Crippen LogP contribution is -2.49. The third-order valence-corrected chi connectivity index (χ3v) is 3.09. The topological polar surface area (TPSA) is 58.4 Å². The number of nitrogens with one attached hydrogen (secondary N) is 1. The Hall–Kier alpha value is -0.610. The number of hydrogen-bond acceptors (Lipinski definition) is 3. The van der Waals surface area contributed by atoms with E-state index in [4.69, 9.17) is 5.84 Å². The number of likely N-dealkylation sites (tertiary alicyclic amines) is 1. The molecule has 15 heavy (non-hydrogen) atoms. The monoisotopic (exact) mass is 213 g/mol. The van der Waals surface area contributed by atoms with Gasteiger partial charge in [0.15, 0.2) is 0 Å². The van der Waals surface area contributed by atoms with Gasteiger partial charge in [-0.05, 0) is 32.4 Å². The highest BCUT2D eigenvalue weighted by molar-refractivity contribution is 5.81. The highest BCUT2D eigenvalue weighted by atomic mass is 16.2. The molecule has 0 aromatic heterocycles. The standard InChI is InChI=1S/C11H23N3O/c1-2-7-10(11(15)13-12)14-8-5-3-4-6-9-14/h10H,2-9,12H2,1H3,(H,13,15). The molecule has 1 heterocycles. The van der Waals surface area contributed by atoms with Crippen molar-refractivity contribution in [2.45, 2.75) is 51.5 Å². The van der Waals surface area contributed by atoms with Crippen LogP contribution in [-0.2, 0) is 4.79 Å². The van der Waals surface area contributed by atoms with E-state index in [-0.39, 0.29) is 11.9 Å². The van der Waals surface area contributed by atoms with Gasteiger partial charge in [0.1, 0.15) is 0 Å². The van der Waals surface area contributed by atoms with Crippen molar-refractivity contribution in [1.82, 2.24) is 10.3 Å². The number of amides is 1. The Morgan fingerprint density at radius 3 is 2.40 bits per heavy atom. The van der Waals surface area contributed by atoms with E-state index < -0.39 is 0 Å². The molecule has 88 valence electrons. The van der Waals surface area contributed by atoms with Gasteiger partial charge in [0.25, 0.3) is 5.91 Å². The summed E-state index contributed by atoms with van der Waals surface area (Å²) in [5.41, 5.74) is 2.29. The third-order valence-electron chi connectivity index (χ3n) is 3.09. The molecule has 0 saturated carbocycles. The predicted octanol–water partition coefficient (Wildman–Crippen LogP) is 1.02. The maximum atomic E-state index is 11.6. The van der Waals surface area contributed by atoms with Gasteiger partial charge in [-0.1, -0.05) is 26.2 Å². The molecule has 1 atom stereocenters. The molecule has 0 radical (unpaired) electrons. The second kappa shape index (κ2) is 6.80. The average molecular weight is 213 g/mol. The molecule has 0 aliphatic carbocycles. The molecular weight excluding hydrogens is 190 g/mol. The Morgan fingerprint density at radius 2 is 1.93 bits per heavy atom. The van der Waals surface area contributed by atoms with Gasteiger partial charge < -0.3 is 0 Å². The minimum Gasteiger partial charge on any atom is -0.293 e. The van der Waals surface area contributed by atoms with Gasteiger partial charge in [-0.15, -0.1) is 0 Å². The van der Waals surface area contributed by atoms with Crippen molar-refractivity contribution in [1.29, 1.82) is 0 Å². The van der Waals surface area contributed by atoms with Crippen LogP contribution in [0.5, 0.6) is 0 Å². The summed E-state index contributed by atoms with van der Waals surface area (Å²) in [4.78, 5) is 13.9. The van der Waals surface area contributed by atoms with Crippen molar-refractivity contribution >= 4 is 5.91 Å². The van der Waals surface area contributed by atoms with E-state index >= 15 is 0 Å². The Balaban J connectivity index is 2.55. The number of nitrogens with zero attached hydrogens (tertiary/aromatic N) is 1. The second-order valence-corrected chi connectivity index (χ2v) is 4.26. The fourth-order valence-electron chi connectivity index (χ4n) is 2.26. The normalized spacial score (nSPS) is 20.7. The van der Waals surface area contributed by atoms with E-state index in [0.717, 1.165) is 25.9 Å². The molecule has 1 unspecified atom stereocenters. The zero-order chi connectivity index (χ0) is 11.1. The number of carbonyl (C=O) groups is 1. The summed E-state index contributed by atoms with van der Waals surface area (Å²) in [5, 5.41) is 0. The van der Waals surface area contributed by atoms with E-state index in [1.807, 2.05) is 0 Å². The zero-order valence-corrected chi connectivity index (χ0v) is 9.67. The molecule has 0 bridgehead atoms. The summed E-state index contributed by atoms with van der Waals surface area (Å²) < 4.78 is 0.